The molecular weight excluding hydrogens is 368 g/mol. The molecule has 0 radical (unpaired) electrons. The minimum Gasteiger partial charge on any atom is -0.312 e. The lowest BCUT2D eigenvalue weighted by Gasteiger charge is -2.36. The molecule has 0 aromatic heterocycles. The molecule has 158 valence electrons. The van der Waals surface area contributed by atoms with Gasteiger partial charge in [-0.2, -0.15) is 0 Å². The van der Waals surface area contributed by atoms with Crippen molar-refractivity contribution < 1.29 is 4.79 Å². The van der Waals surface area contributed by atoms with Crippen LogP contribution in [0.4, 0.5) is 4.79 Å². The molecule has 0 spiro atoms. The van der Waals surface area contributed by atoms with Gasteiger partial charge in [-0.3, -0.25) is 0 Å². The highest BCUT2D eigenvalue weighted by Gasteiger charge is 2.51. The van der Waals surface area contributed by atoms with Crippen LogP contribution >= 0.6 is 0 Å². The molecule has 3 aliphatic rings. The van der Waals surface area contributed by atoms with Gasteiger partial charge in [0.25, 0.3) is 0 Å². The van der Waals surface area contributed by atoms with E-state index in [0.29, 0.717) is 12.1 Å². The first kappa shape index (κ1) is 19.7. The summed E-state index contributed by atoms with van der Waals surface area (Å²) in [6.45, 7) is 0. The highest BCUT2D eigenvalue weighted by atomic mass is 16.2. The van der Waals surface area contributed by atoms with Gasteiger partial charge in [0.1, 0.15) is 0 Å². The Kier molecular flexibility index (Phi) is 5.79. The van der Waals surface area contributed by atoms with Gasteiger partial charge in [-0.25, -0.2) is 4.79 Å². The van der Waals surface area contributed by atoms with Crippen molar-refractivity contribution in [3.05, 3.63) is 71.8 Å². The third-order valence-corrected chi connectivity index (χ3v) is 7.56. The van der Waals surface area contributed by atoms with Gasteiger partial charge in [0.2, 0.25) is 0 Å². The molecule has 30 heavy (non-hydrogen) atoms. The zero-order valence-corrected chi connectivity index (χ0v) is 18.0. The van der Waals surface area contributed by atoms with E-state index >= 15 is 0 Å². The Morgan fingerprint density at radius 1 is 0.533 bits per heavy atom. The molecule has 3 nitrogen and oxygen atoms in total. The van der Waals surface area contributed by atoms with E-state index in [9.17, 15) is 4.79 Å². The molecule has 2 unspecified atom stereocenters. The van der Waals surface area contributed by atoms with Crippen molar-refractivity contribution in [2.24, 2.45) is 0 Å². The first-order chi connectivity index (χ1) is 14.8. The van der Waals surface area contributed by atoms with Crippen LogP contribution in [0.1, 0.15) is 87.4 Å². The van der Waals surface area contributed by atoms with Crippen molar-refractivity contribution in [3.63, 3.8) is 0 Å². The minimum absolute atomic E-state index is 0.103. The summed E-state index contributed by atoms with van der Waals surface area (Å²) < 4.78 is 0. The van der Waals surface area contributed by atoms with Gasteiger partial charge >= 0.3 is 6.03 Å². The zero-order chi connectivity index (χ0) is 20.3. The maximum Gasteiger partial charge on any atom is 0.321 e. The number of carbonyl (C=O) groups excluding carboxylic acids is 1. The third-order valence-electron chi connectivity index (χ3n) is 7.56. The normalized spacial score (nSPS) is 26.3. The lowest BCUT2D eigenvalue weighted by atomic mass is 9.87. The first-order valence-corrected chi connectivity index (χ1v) is 12.0. The quantitative estimate of drug-likeness (QED) is 0.547. The molecular formula is C27H34N2O. The van der Waals surface area contributed by atoms with E-state index in [4.69, 9.17) is 0 Å². The summed E-state index contributed by atoms with van der Waals surface area (Å²) in [6, 6.07) is 22.8. The second kappa shape index (κ2) is 8.83. The average Bonchev–Trinajstić information content (AvgIpc) is 3.14. The first-order valence-electron chi connectivity index (χ1n) is 12.0. The molecule has 0 bridgehead atoms. The molecule has 0 N–H and O–H groups in total. The van der Waals surface area contributed by atoms with E-state index in [0.717, 1.165) is 25.7 Å². The number of hydrogen-bond acceptors (Lipinski definition) is 1. The van der Waals surface area contributed by atoms with Crippen LogP contribution in [0, 0.1) is 0 Å². The molecule has 1 saturated heterocycles. The monoisotopic (exact) mass is 402 g/mol. The maximum atomic E-state index is 14.1. The Labute approximate surface area is 181 Å². The molecule has 3 heteroatoms. The van der Waals surface area contributed by atoms with Crippen LogP contribution in [0.25, 0.3) is 0 Å². The smallest absolute Gasteiger partial charge is 0.312 e. The Morgan fingerprint density at radius 2 is 0.900 bits per heavy atom. The van der Waals surface area contributed by atoms with Crippen molar-refractivity contribution in [2.45, 2.75) is 88.4 Å². The largest absolute Gasteiger partial charge is 0.321 e. The summed E-state index contributed by atoms with van der Waals surface area (Å²) in [6.07, 6.45) is 12.2. The van der Waals surface area contributed by atoms with Crippen LogP contribution in [0.2, 0.25) is 0 Å². The second-order valence-corrected chi connectivity index (χ2v) is 9.39. The second-order valence-electron chi connectivity index (χ2n) is 9.39. The topological polar surface area (TPSA) is 23.6 Å². The summed E-state index contributed by atoms with van der Waals surface area (Å²) in [7, 11) is 0. The van der Waals surface area contributed by atoms with Gasteiger partial charge in [-0.1, -0.05) is 99.2 Å². The van der Waals surface area contributed by atoms with Gasteiger partial charge in [0.05, 0.1) is 12.1 Å². The van der Waals surface area contributed by atoms with E-state index < -0.39 is 0 Å². The minimum atomic E-state index is 0.103. The number of hydrogen-bond donors (Lipinski definition) is 0. The lowest BCUT2D eigenvalue weighted by Crippen LogP contribution is -2.44. The molecule has 2 aliphatic carbocycles. The summed E-state index contributed by atoms with van der Waals surface area (Å²) in [5.41, 5.74) is 2.56. The van der Waals surface area contributed by atoms with E-state index in [2.05, 4.69) is 70.5 Å². The van der Waals surface area contributed by atoms with Gasteiger partial charge in [0.15, 0.2) is 0 Å². The predicted molar refractivity (Wildman–Crippen MR) is 121 cm³/mol. The standard InChI is InChI=1S/C27H34N2O/c30-27-28(23-17-9-3-10-18-23)25(21-13-5-1-6-14-21)26(22-15-7-2-8-16-22)29(27)24-19-11-4-12-20-24/h1-2,5-8,13-16,23-26H,3-4,9-12,17-20H2. The van der Waals surface area contributed by atoms with E-state index in [1.807, 2.05) is 0 Å². The number of rotatable bonds is 4. The summed E-state index contributed by atoms with van der Waals surface area (Å²) >= 11 is 0. The van der Waals surface area contributed by atoms with Gasteiger partial charge in [-0.05, 0) is 36.8 Å². The zero-order valence-electron chi connectivity index (χ0n) is 18.0. The molecule has 1 aliphatic heterocycles. The SMILES string of the molecule is O=C1N(C2CCCCC2)C(c2ccccc2)C(c2ccccc2)N1C1CCCCC1. The van der Waals surface area contributed by atoms with Gasteiger partial charge < -0.3 is 9.80 Å². The number of carbonyl (C=O) groups is 1. The van der Waals surface area contributed by atoms with Crippen LogP contribution in [-0.2, 0) is 0 Å². The number of amides is 2. The van der Waals surface area contributed by atoms with E-state index in [-0.39, 0.29) is 18.1 Å². The molecule has 2 amide bonds. The van der Waals surface area contributed by atoms with E-state index in [1.54, 1.807) is 0 Å². The Morgan fingerprint density at radius 3 is 1.27 bits per heavy atom. The van der Waals surface area contributed by atoms with Crippen LogP contribution in [0.5, 0.6) is 0 Å². The van der Waals surface area contributed by atoms with Crippen LogP contribution in [-0.4, -0.2) is 27.9 Å². The Bertz CT molecular complexity index is 755. The molecule has 2 atom stereocenters. The Hall–Kier alpha value is -2.29. The molecule has 1 heterocycles. The van der Waals surface area contributed by atoms with Crippen molar-refractivity contribution in [2.75, 3.05) is 0 Å². The summed E-state index contributed by atoms with van der Waals surface area (Å²) in [5.74, 6) is 0. The fourth-order valence-corrected chi connectivity index (χ4v) is 6.15. The molecule has 5 rings (SSSR count). The fourth-order valence-electron chi connectivity index (χ4n) is 6.15. The molecule has 2 aromatic rings. The van der Waals surface area contributed by atoms with Crippen LogP contribution in [0.3, 0.4) is 0 Å². The molecule has 3 fully saturated rings. The van der Waals surface area contributed by atoms with Gasteiger partial charge in [0, 0.05) is 12.1 Å². The highest BCUT2D eigenvalue weighted by Crippen LogP contribution is 2.50. The van der Waals surface area contributed by atoms with Crippen molar-refractivity contribution >= 4 is 6.03 Å². The van der Waals surface area contributed by atoms with Crippen LogP contribution < -0.4 is 0 Å². The maximum absolute atomic E-state index is 14.1. The average molecular weight is 403 g/mol. The predicted octanol–water partition coefficient (Wildman–Crippen LogP) is 6.87. The highest BCUT2D eigenvalue weighted by molar-refractivity contribution is 5.79. The number of benzene rings is 2. The summed E-state index contributed by atoms with van der Waals surface area (Å²) in [4.78, 5) is 18.7. The lowest BCUT2D eigenvalue weighted by molar-refractivity contribution is 0.134. The van der Waals surface area contributed by atoms with Crippen LogP contribution in [0.15, 0.2) is 60.7 Å². The van der Waals surface area contributed by atoms with Crippen molar-refractivity contribution in [3.8, 4) is 0 Å². The van der Waals surface area contributed by atoms with Crippen molar-refractivity contribution in [1.82, 2.24) is 9.80 Å². The van der Waals surface area contributed by atoms with E-state index in [1.165, 1.54) is 49.7 Å². The molecule has 2 aromatic carbocycles. The number of nitrogens with zero attached hydrogens (tertiary/aromatic N) is 2. The molecule has 2 saturated carbocycles. The third kappa shape index (κ3) is 3.64. The Balaban J connectivity index is 1.61. The van der Waals surface area contributed by atoms with Crippen molar-refractivity contribution in [1.29, 1.82) is 0 Å². The summed E-state index contributed by atoms with van der Waals surface area (Å²) in [5, 5.41) is 0. The van der Waals surface area contributed by atoms with Gasteiger partial charge in [-0.15, -0.1) is 0 Å². The number of urea groups is 1. The fraction of sp³-hybridized carbons (Fsp3) is 0.519.